The van der Waals surface area contributed by atoms with Gasteiger partial charge >= 0.3 is 12.9 Å². The lowest BCUT2D eigenvalue weighted by Gasteiger charge is -2.05. The second kappa shape index (κ2) is 7.16. The molecule has 0 aliphatic heterocycles. The number of hydrogen-bond donors (Lipinski definition) is 0. The van der Waals surface area contributed by atoms with Gasteiger partial charge in [0.2, 0.25) is 0 Å². The minimum absolute atomic E-state index is 0.767. The van der Waals surface area contributed by atoms with Crippen LogP contribution in [0.5, 0.6) is 0 Å². The number of pyridine rings is 2. The highest BCUT2D eigenvalue weighted by molar-refractivity contribution is 6.50. The van der Waals surface area contributed by atoms with Gasteiger partial charge in [0, 0.05) is 17.8 Å². The van der Waals surface area contributed by atoms with E-state index in [0.29, 0.717) is 0 Å². The third-order valence-corrected chi connectivity index (χ3v) is 4.36. The van der Waals surface area contributed by atoms with Crippen molar-refractivity contribution in [3.63, 3.8) is 0 Å². The highest BCUT2D eigenvalue weighted by Gasteiger charge is 2.22. The average molecular weight is 398 g/mol. The number of imidazole rings is 1. The van der Waals surface area contributed by atoms with Gasteiger partial charge in [-0.1, -0.05) is 42.0 Å². The van der Waals surface area contributed by atoms with Crippen molar-refractivity contribution in [2.24, 2.45) is 0 Å². The fraction of sp³-hybridized carbons (Fsp3) is 0.0500. The van der Waals surface area contributed by atoms with Gasteiger partial charge in [0.05, 0.1) is 6.20 Å². The van der Waals surface area contributed by atoms with Crippen molar-refractivity contribution >= 4 is 29.7 Å². The molecule has 4 aromatic heterocycles. The third kappa shape index (κ3) is 3.89. The van der Waals surface area contributed by atoms with Gasteiger partial charge in [-0.3, -0.25) is 4.40 Å². The van der Waals surface area contributed by atoms with Gasteiger partial charge in [-0.25, -0.2) is 0 Å². The van der Waals surface area contributed by atoms with Gasteiger partial charge in [-0.15, -0.1) is 0 Å². The molecule has 4 heterocycles. The number of aryl methyl sites for hydroxylation is 1. The average Bonchev–Trinajstić information content (AvgIpc) is 3.04. The molecule has 0 saturated carbocycles. The lowest BCUT2D eigenvalue weighted by Crippen LogP contribution is -2.26. The largest absolute Gasteiger partial charge is 0.673 e. The summed E-state index contributed by atoms with van der Waals surface area (Å²) in [6.07, 6.45) is 4.10. The molecule has 1 aromatic carbocycles. The molecule has 4 nitrogen and oxygen atoms in total. The van der Waals surface area contributed by atoms with Crippen molar-refractivity contribution in [2.45, 2.75) is 6.92 Å². The molecule has 5 aromatic rings. The predicted molar refractivity (Wildman–Crippen MR) is 104 cm³/mol. The van der Waals surface area contributed by atoms with Crippen LogP contribution in [0.15, 0.2) is 73.1 Å². The first kappa shape index (κ1) is 18.9. The zero-order valence-electron chi connectivity index (χ0n) is 15.3. The Balaban J connectivity index is 0.000000369. The summed E-state index contributed by atoms with van der Waals surface area (Å²) in [6.45, 7) is 2.10. The monoisotopic (exact) mass is 398 g/mol. The molecule has 0 N–H and O–H groups in total. The van der Waals surface area contributed by atoms with Crippen LogP contribution in [-0.4, -0.2) is 21.6 Å². The van der Waals surface area contributed by atoms with E-state index in [2.05, 4.69) is 46.2 Å². The molecule has 0 atom stereocenters. The van der Waals surface area contributed by atoms with Gasteiger partial charge in [0.1, 0.15) is 5.65 Å². The maximum atomic E-state index is 9.75. The Hall–Kier alpha value is -3.49. The molecule has 9 heteroatoms. The quantitative estimate of drug-likeness (QED) is 0.229. The first-order valence-electron chi connectivity index (χ1n) is 8.83. The second-order valence-electron chi connectivity index (χ2n) is 6.46. The summed E-state index contributed by atoms with van der Waals surface area (Å²) in [4.78, 5) is 9.46. The van der Waals surface area contributed by atoms with Crippen LogP contribution in [0.1, 0.15) is 5.56 Å². The van der Waals surface area contributed by atoms with Crippen molar-refractivity contribution < 1.29 is 21.7 Å². The number of aromatic nitrogens is 4. The normalized spacial score (nSPS) is 11.6. The zero-order chi connectivity index (χ0) is 20.6. The lowest BCUT2D eigenvalue weighted by atomic mass is 10.1. The van der Waals surface area contributed by atoms with Gasteiger partial charge in [0.15, 0.2) is 11.2 Å². The Kier molecular flexibility index (Phi) is 4.66. The summed E-state index contributed by atoms with van der Waals surface area (Å²) >= 11 is 0. The maximum Gasteiger partial charge on any atom is 0.673 e. The Labute approximate surface area is 163 Å². The molecule has 0 spiro atoms. The number of hydrogen-bond acceptors (Lipinski definition) is 2. The minimum atomic E-state index is -6.00. The molecule has 0 saturated heterocycles. The Bertz CT molecular complexity index is 1310. The molecule has 146 valence electrons. The van der Waals surface area contributed by atoms with Crippen molar-refractivity contribution in [3.05, 3.63) is 78.6 Å². The van der Waals surface area contributed by atoms with Crippen LogP contribution >= 0.6 is 0 Å². The molecule has 5 rings (SSSR count). The predicted octanol–water partition coefficient (Wildman–Crippen LogP) is 4.90. The molecular weight excluding hydrogens is 383 g/mol. The highest BCUT2D eigenvalue weighted by atomic mass is 19.5. The van der Waals surface area contributed by atoms with E-state index in [-0.39, 0.29) is 0 Å². The van der Waals surface area contributed by atoms with Crippen LogP contribution in [0.3, 0.4) is 0 Å². The van der Waals surface area contributed by atoms with Crippen molar-refractivity contribution in [2.75, 3.05) is 0 Å². The van der Waals surface area contributed by atoms with Gasteiger partial charge in [0.25, 0.3) is 5.65 Å². The first-order chi connectivity index (χ1) is 13.8. The van der Waals surface area contributed by atoms with Crippen LogP contribution in [0.2, 0.25) is 0 Å². The molecule has 29 heavy (non-hydrogen) atoms. The van der Waals surface area contributed by atoms with Crippen LogP contribution in [0.25, 0.3) is 33.7 Å². The Morgan fingerprint density at radius 1 is 0.862 bits per heavy atom. The van der Waals surface area contributed by atoms with Gasteiger partial charge in [-0.2, -0.15) is 9.38 Å². The molecule has 0 bridgehead atoms. The molecule has 0 amide bonds. The van der Waals surface area contributed by atoms with Gasteiger partial charge in [-0.05, 0) is 30.1 Å². The van der Waals surface area contributed by atoms with E-state index in [4.69, 9.17) is 9.97 Å². The first-order valence-corrected chi connectivity index (χ1v) is 8.83. The van der Waals surface area contributed by atoms with Crippen LogP contribution in [0, 0.1) is 6.92 Å². The fourth-order valence-electron chi connectivity index (χ4n) is 3.21. The van der Waals surface area contributed by atoms with Crippen molar-refractivity contribution in [1.82, 2.24) is 14.4 Å². The van der Waals surface area contributed by atoms with Crippen LogP contribution in [-0.2, 0) is 0 Å². The Morgan fingerprint density at radius 3 is 2.28 bits per heavy atom. The fourth-order valence-corrected chi connectivity index (χ4v) is 3.21. The van der Waals surface area contributed by atoms with Crippen molar-refractivity contribution in [3.8, 4) is 11.3 Å². The number of rotatable bonds is 1. The second-order valence-corrected chi connectivity index (χ2v) is 6.46. The van der Waals surface area contributed by atoms with Crippen LogP contribution in [0.4, 0.5) is 17.3 Å². The number of nitrogens with zero attached hydrogens (tertiary/aromatic N) is 4. The summed E-state index contributed by atoms with van der Waals surface area (Å²) in [7, 11) is -6.00. The smallest absolute Gasteiger partial charge is 0.418 e. The summed E-state index contributed by atoms with van der Waals surface area (Å²) in [5.74, 6) is 0. The zero-order valence-corrected chi connectivity index (χ0v) is 15.3. The van der Waals surface area contributed by atoms with E-state index in [1.165, 1.54) is 5.56 Å². The molecule has 0 aliphatic carbocycles. The minimum Gasteiger partial charge on any atom is -0.418 e. The van der Waals surface area contributed by atoms with E-state index in [9.17, 15) is 17.3 Å². The van der Waals surface area contributed by atoms with Crippen LogP contribution < -0.4 is 4.40 Å². The van der Waals surface area contributed by atoms with Gasteiger partial charge < -0.3 is 17.3 Å². The molecule has 0 fully saturated rings. The molecular formula is C20H15BF4N4. The Morgan fingerprint density at radius 2 is 1.55 bits per heavy atom. The number of benzene rings is 1. The molecule has 0 radical (unpaired) electrons. The standard InChI is InChI=1S/C20H15N4.BF4/c1-14-8-10-15(11-9-14)18-19-20(21-16-6-2-4-12-23(16)18)22-17-7-3-5-13-24(17)19;2-1(3,4)5/h2-13H,1H3;/q+1;-1. The maximum absolute atomic E-state index is 9.75. The van der Waals surface area contributed by atoms with E-state index >= 15 is 0 Å². The topological polar surface area (TPSA) is 34.3 Å². The summed E-state index contributed by atoms with van der Waals surface area (Å²) < 4.78 is 43.2. The third-order valence-electron chi connectivity index (χ3n) is 4.36. The summed E-state index contributed by atoms with van der Waals surface area (Å²) in [5.41, 5.74) is 7.10. The number of fused-ring (bicyclic) bond motifs is 4. The summed E-state index contributed by atoms with van der Waals surface area (Å²) in [5, 5.41) is 0. The molecule has 0 aliphatic rings. The van der Waals surface area contributed by atoms with E-state index in [1.54, 1.807) is 0 Å². The lowest BCUT2D eigenvalue weighted by molar-refractivity contribution is -0.500. The van der Waals surface area contributed by atoms with Crippen molar-refractivity contribution in [1.29, 1.82) is 0 Å². The number of halogens is 4. The highest BCUT2D eigenvalue weighted by Crippen LogP contribution is 2.26. The summed E-state index contributed by atoms with van der Waals surface area (Å²) in [6, 6.07) is 20.7. The SMILES string of the molecule is Cc1ccc(-c2c3c(nc4ccccn43)nc3cccc[n+]23)cc1.F[B-](F)(F)F. The van der Waals surface area contributed by atoms with E-state index in [1.807, 2.05) is 42.6 Å². The van der Waals surface area contributed by atoms with E-state index < -0.39 is 7.25 Å². The molecule has 0 unspecified atom stereocenters. The van der Waals surface area contributed by atoms with E-state index in [0.717, 1.165) is 33.7 Å².